The zero-order chi connectivity index (χ0) is 17.3. The van der Waals surface area contributed by atoms with Gasteiger partial charge in [-0.15, -0.1) is 11.3 Å². The van der Waals surface area contributed by atoms with Crippen LogP contribution in [0.2, 0.25) is 8.67 Å². The number of rotatable bonds is 4. The summed E-state index contributed by atoms with van der Waals surface area (Å²) in [6.07, 6.45) is 0. The number of hydrogen-bond acceptors (Lipinski definition) is 4. The van der Waals surface area contributed by atoms with Crippen molar-refractivity contribution in [3.63, 3.8) is 0 Å². The second kappa shape index (κ2) is 7.33. The average Bonchev–Trinajstić information content (AvgIpc) is 3.05. The van der Waals surface area contributed by atoms with Gasteiger partial charge in [0, 0.05) is 13.7 Å². The quantitative estimate of drug-likeness (QED) is 0.637. The van der Waals surface area contributed by atoms with Gasteiger partial charge in [-0.2, -0.15) is 4.99 Å². The molecule has 3 aromatic rings. The molecule has 0 saturated heterocycles. The largest absolute Gasteiger partial charge is 0.383 e. The molecule has 1 amide bonds. The van der Waals surface area contributed by atoms with Crippen molar-refractivity contribution in [2.45, 2.75) is 6.54 Å². The fourth-order valence-corrected chi connectivity index (χ4v) is 4.71. The van der Waals surface area contributed by atoms with Crippen LogP contribution in [-0.2, 0) is 11.3 Å². The van der Waals surface area contributed by atoms with Crippen molar-refractivity contribution in [2.24, 2.45) is 4.99 Å². The highest BCUT2D eigenvalue weighted by Crippen LogP contribution is 2.31. The fourth-order valence-electron chi connectivity index (χ4n) is 2.20. The minimum atomic E-state index is -0.513. The van der Waals surface area contributed by atoms with Crippen molar-refractivity contribution >= 4 is 62.0 Å². The molecule has 0 N–H and O–H groups in total. The first-order valence-electron chi connectivity index (χ1n) is 6.82. The van der Waals surface area contributed by atoms with Gasteiger partial charge < -0.3 is 9.30 Å². The van der Waals surface area contributed by atoms with Crippen molar-refractivity contribution < 1.29 is 13.9 Å². The molecule has 0 fully saturated rings. The number of halogens is 3. The number of hydrogen-bond donors (Lipinski definition) is 0. The van der Waals surface area contributed by atoms with E-state index in [9.17, 15) is 9.18 Å². The number of ether oxygens (including phenoxy) is 1. The van der Waals surface area contributed by atoms with E-state index in [-0.39, 0.29) is 15.7 Å². The van der Waals surface area contributed by atoms with Crippen molar-refractivity contribution in [1.29, 1.82) is 0 Å². The summed E-state index contributed by atoms with van der Waals surface area (Å²) >= 11 is 14.2. The number of aromatic nitrogens is 1. The van der Waals surface area contributed by atoms with Crippen molar-refractivity contribution in [3.8, 4) is 0 Å². The Morgan fingerprint density at radius 2 is 2.17 bits per heavy atom. The van der Waals surface area contributed by atoms with Crippen molar-refractivity contribution in [3.05, 3.63) is 49.1 Å². The monoisotopic (exact) mass is 404 g/mol. The summed E-state index contributed by atoms with van der Waals surface area (Å²) in [5.41, 5.74) is 0.642. The topological polar surface area (TPSA) is 43.6 Å². The van der Waals surface area contributed by atoms with Crippen LogP contribution in [0.15, 0.2) is 29.3 Å². The molecule has 1 aromatic carbocycles. The van der Waals surface area contributed by atoms with E-state index in [4.69, 9.17) is 27.9 Å². The molecule has 0 aliphatic carbocycles. The van der Waals surface area contributed by atoms with Crippen LogP contribution in [0, 0.1) is 5.82 Å². The van der Waals surface area contributed by atoms with Gasteiger partial charge in [0.15, 0.2) is 4.80 Å². The minimum Gasteiger partial charge on any atom is -0.383 e. The van der Waals surface area contributed by atoms with Crippen LogP contribution in [0.4, 0.5) is 4.39 Å². The molecule has 4 nitrogen and oxygen atoms in total. The minimum absolute atomic E-state index is 0.239. The zero-order valence-corrected chi connectivity index (χ0v) is 15.5. The van der Waals surface area contributed by atoms with Gasteiger partial charge in [-0.05, 0) is 18.2 Å². The second-order valence-corrected chi connectivity index (χ2v) is 8.07. The van der Waals surface area contributed by atoms with Gasteiger partial charge >= 0.3 is 0 Å². The molecule has 0 aliphatic heterocycles. The Morgan fingerprint density at radius 1 is 1.38 bits per heavy atom. The molecule has 24 heavy (non-hydrogen) atoms. The molecule has 0 unspecified atom stereocenters. The Bertz CT molecular complexity index is 978. The maximum absolute atomic E-state index is 14.2. The first-order valence-corrected chi connectivity index (χ1v) is 9.21. The number of thiazole rings is 1. The molecule has 9 heteroatoms. The van der Waals surface area contributed by atoms with Gasteiger partial charge in [-0.1, -0.05) is 40.6 Å². The fraction of sp³-hybridized carbons (Fsp3) is 0.200. The SMILES string of the molecule is COCCn1c(=NC(=O)c2cc(Cl)sc2Cl)sc2cccc(F)c21. The van der Waals surface area contributed by atoms with Crippen LogP contribution in [-0.4, -0.2) is 24.2 Å². The molecular weight excluding hydrogens is 394 g/mol. The summed E-state index contributed by atoms with van der Waals surface area (Å²) in [6, 6.07) is 6.26. The summed E-state index contributed by atoms with van der Waals surface area (Å²) in [7, 11) is 1.56. The smallest absolute Gasteiger partial charge is 0.282 e. The summed E-state index contributed by atoms with van der Waals surface area (Å²) in [5.74, 6) is -0.883. The third kappa shape index (κ3) is 3.41. The average molecular weight is 405 g/mol. The van der Waals surface area contributed by atoms with Gasteiger partial charge in [0.1, 0.15) is 10.2 Å². The maximum Gasteiger partial charge on any atom is 0.282 e. The molecule has 0 saturated carbocycles. The highest BCUT2D eigenvalue weighted by atomic mass is 35.5. The summed E-state index contributed by atoms with van der Waals surface area (Å²) in [6.45, 7) is 0.744. The number of fused-ring (bicyclic) bond motifs is 1. The van der Waals surface area contributed by atoms with Gasteiger partial charge in [0.05, 0.1) is 26.7 Å². The number of carbonyl (C=O) groups excluding carboxylic acids is 1. The second-order valence-electron chi connectivity index (χ2n) is 4.77. The number of methoxy groups -OCH3 is 1. The van der Waals surface area contributed by atoms with E-state index in [1.165, 1.54) is 23.5 Å². The Kier molecular flexibility index (Phi) is 5.36. The van der Waals surface area contributed by atoms with E-state index in [1.54, 1.807) is 23.8 Å². The molecule has 0 spiro atoms. The normalized spacial score (nSPS) is 12.2. The number of carbonyl (C=O) groups is 1. The lowest BCUT2D eigenvalue weighted by molar-refractivity contribution is 0.0998. The zero-order valence-electron chi connectivity index (χ0n) is 12.4. The van der Waals surface area contributed by atoms with E-state index in [2.05, 4.69) is 4.99 Å². The molecule has 3 rings (SSSR count). The van der Waals surface area contributed by atoms with Crippen LogP contribution >= 0.6 is 45.9 Å². The van der Waals surface area contributed by atoms with Crippen LogP contribution in [0.3, 0.4) is 0 Å². The van der Waals surface area contributed by atoms with Gasteiger partial charge in [0.2, 0.25) is 0 Å². The van der Waals surface area contributed by atoms with E-state index < -0.39 is 5.91 Å². The van der Waals surface area contributed by atoms with Gasteiger partial charge in [0.25, 0.3) is 5.91 Å². The molecular formula is C15H11Cl2FN2O2S2. The van der Waals surface area contributed by atoms with Gasteiger partial charge in [-0.25, -0.2) is 4.39 Å². The van der Waals surface area contributed by atoms with Crippen LogP contribution in [0.5, 0.6) is 0 Å². The molecule has 126 valence electrons. The lowest BCUT2D eigenvalue weighted by atomic mass is 10.3. The van der Waals surface area contributed by atoms with Crippen LogP contribution in [0.1, 0.15) is 10.4 Å². The number of para-hydroxylation sites is 1. The van der Waals surface area contributed by atoms with E-state index >= 15 is 0 Å². The molecule has 0 radical (unpaired) electrons. The number of amides is 1. The Balaban J connectivity index is 2.15. The molecule has 0 aliphatic rings. The Labute approximate surface area is 154 Å². The van der Waals surface area contributed by atoms with Crippen molar-refractivity contribution in [1.82, 2.24) is 4.57 Å². The summed E-state index contributed by atoms with van der Waals surface area (Å²) in [4.78, 5) is 16.9. The predicted molar refractivity (Wildman–Crippen MR) is 95.9 cm³/mol. The molecule has 2 heterocycles. The van der Waals surface area contributed by atoms with Gasteiger partial charge in [-0.3, -0.25) is 4.79 Å². The predicted octanol–water partition coefficient (Wildman–Crippen LogP) is 4.60. The number of thiophene rings is 1. The third-order valence-corrected chi connectivity index (χ3v) is 5.79. The van der Waals surface area contributed by atoms with E-state index in [1.807, 2.05) is 0 Å². The molecule has 2 aromatic heterocycles. The van der Waals surface area contributed by atoms with E-state index in [0.717, 1.165) is 11.3 Å². The van der Waals surface area contributed by atoms with E-state index in [0.29, 0.717) is 32.5 Å². The Hall–Kier alpha value is -1.25. The first-order chi connectivity index (χ1) is 11.5. The van der Waals surface area contributed by atoms with Crippen LogP contribution in [0.25, 0.3) is 10.2 Å². The highest BCUT2D eigenvalue weighted by Gasteiger charge is 2.16. The number of nitrogens with zero attached hydrogens (tertiary/aromatic N) is 2. The van der Waals surface area contributed by atoms with Crippen LogP contribution < -0.4 is 4.80 Å². The number of benzene rings is 1. The van der Waals surface area contributed by atoms with Crippen molar-refractivity contribution in [2.75, 3.05) is 13.7 Å². The third-order valence-electron chi connectivity index (χ3n) is 3.26. The first kappa shape index (κ1) is 17.6. The molecule has 0 atom stereocenters. The summed E-state index contributed by atoms with van der Waals surface area (Å²) in [5, 5.41) is 0. The standard InChI is InChI=1S/C15H11Cl2FN2O2S2/c1-22-6-5-20-12-9(18)3-2-4-10(12)23-15(20)19-14(21)8-7-11(16)24-13(8)17/h2-4,7H,5-6H2,1H3. The molecule has 0 bridgehead atoms. The highest BCUT2D eigenvalue weighted by molar-refractivity contribution is 7.20. The lowest BCUT2D eigenvalue weighted by Crippen LogP contribution is -2.19. The lowest BCUT2D eigenvalue weighted by Gasteiger charge is -2.04. The Morgan fingerprint density at radius 3 is 2.83 bits per heavy atom. The maximum atomic E-state index is 14.2. The summed E-state index contributed by atoms with van der Waals surface area (Å²) < 4.78 is 22.3.